The Morgan fingerprint density at radius 3 is 2.93 bits per heavy atom. The van der Waals surface area contributed by atoms with Crippen molar-refractivity contribution in [3.05, 3.63) is 29.3 Å². The van der Waals surface area contributed by atoms with E-state index in [-0.39, 0.29) is 0 Å². The highest BCUT2D eigenvalue weighted by atomic mass is 32.2. The highest BCUT2D eigenvalue weighted by Gasteiger charge is 2.22. The third-order valence-corrected chi connectivity index (χ3v) is 4.07. The molecule has 0 spiro atoms. The molecule has 1 N–H and O–H groups in total. The van der Waals surface area contributed by atoms with Gasteiger partial charge in [0.2, 0.25) is 10.0 Å². The SMILES string of the molecule is CCc1ccc2c(c1)CCNS2(=O)=O. The maximum Gasteiger partial charge on any atom is 0.240 e. The van der Waals surface area contributed by atoms with Gasteiger partial charge in [0.05, 0.1) is 4.90 Å². The molecule has 1 aromatic rings. The van der Waals surface area contributed by atoms with Crippen LogP contribution in [0.4, 0.5) is 0 Å². The first-order chi connectivity index (χ1) is 6.63. The summed E-state index contributed by atoms with van der Waals surface area (Å²) in [5.41, 5.74) is 2.14. The molecule has 0 fully saturated rings. The Hall–Kier alpha value is -0.870. The molecule has 0 aromatic heterocycles. The molecule has 0 saturated heterocycles. The van der Waals surface area contributed by atoms with E-state index >= 15 is 0 Å². The first kappa shape index (κ1) is 9.68. The number of rotatable bonds is 1. The molecule has 14 heavy (non-hydrogen) atoms. The van der Waals surface area contributed by atoms with Gasteiger partial charge in [0, 0.05) is 6.54 Å². The molecule has 0 aliphatic carbocycles. The maximum atomic E-state index is 11.6. The van der Waals surface area contributed by atoms with Crippen molar-refractivity contribution in [1.29, 1.82) is 0 Å². The highest BCUT2D eigenvalue weighted by Crippen LogP contribution is 2.21. The van der Waals surface area contributed by atoms with E-state index in [1.165, 1.54) is 5.56 Å². The fourth-order valence-corrected chi connectivity index (χ4v) is 2.99. The molecule has 2 rings (SSSR count). The zero-order chi connectivity index (χ0) is 10.2. The summed E-state index contributed by atoms with van der Waals surface area (Å²) in [4.78, 5) is 0.445. The van der Waals surface area contributed by atoms with Crippen LogP contribution in [0.1, 0.15) is 18.1 Å². The molecule has 1 aliphatic heterocycles. The molecular weight excluding hydrogens is 198 g/mol. The first-order valence-corrected chi connectivity index (χ1v) is 6.23. The Bertz CT molecular complexity index is 451. The van der Waals surface area contributed by atoms with Crippen molar-refractivity contribution in [2.24, 2.45) is 0 Å². The molecule has 0 radical (unpaired) electrons. The molecule has 76 valence electrons. The monoisotopic (exact) mass is 211 g/mol. The number of hydrogen-bond acceptors (Lipinski definition) is 2. The Morgan fingerprint density at radius 2 is 2.21 bits per heavy atom. The minimum absolute atomic E-state index is 0.445. The summed E-state index contributed by atoms with van der Waals surface area (Å²) in [7, 11) is -3.22. The fraction of sp³-hybridized carbons (Fsp3) is 0.400. The number of nitrogens with one attached hydrogen (secondary N) is 1. The molecule has 4 heteroatoms. The molecule has 1 heterocycles. The van der Waals surface area contributed by atoms with Crippen molar-refractivity contribution in [2.45, 2.75) is 24.7 Å². The third kappa shape index (κ3) is 1.55. The molecule has 0 unspecified atom stereocenters. The van der Waals surface area contributed by atoms with Crippen LogP contribution in [0.2, 0.25) is 0 Å². The summed E-state index contributed by atoms with van der Waals surface area (Å²) in [6.07, 6.45) is 1.74. The number of aryl methyl sites for hydroxylation is 1. The van der Waals surface area contributed by atoms with Crippen molar-refractivity contribution >= 4 is 10.0 Å². The van der Waals surface area contributed by atoms with Gasteiger partial charge in [-0.1, -0.05) is 19.1 Å². The average Bonchev–Trinajstić information content (AvgIpc) is 2.16. The van der Waals surface area contributed by atoms with Crippen LogP contribution < -0.4 is 4.72 Å². The molecule has 0 atom stereocenters. The molecular formula is C10H13NO2S. The van der Waals surface area contributed by atoms with E-state index in [4.69, 9.17) is 0 Å². The number of sulfonamides is 1. The van der Waals surface area contributed by atoms with Gasteiger partial charge in [0.25, 0.3) is 0 Å². The average molecular weight is 211 g/mol. The molecule has 0 saturated carbocycles. The van der Waals surface area contributed by atoms with Gasteiger partial charge in [-0.3, -0.25) is 0 Å². The summed E-state index contributed by atoms with van der Waals surface area (Å²) in [5.74, 6) is 0. The van der Waals surface area contributed by atoms with Gasteiger partial charge in [-0.25, -0.2) is 13.1 Å². The second kappa shape index (κ2) is 3.37. The van der Waals surface area contributed by atoms with Crippen LogP contribution in [0.5, 0.6) is 0 Å². The van der Waals surface area contributed by atoms with Crippen LogP contribution >= 0.6 is 0 Å². The second-order valence-electron chi connectivity index (χ2n) is 3.44. The lowest BCUT2D eigenvalue weighted by Gasteiger charge is -2.17. The van der Waals surface area contributed by atoms with E-state index in [0.717, 1.165) is 18.4 Å². The molecule has 1 aliphatic rings. The van der Waals surface area contributed by atoms with Crippen molar-refractivity contribution < 1.29 is 8.42 Å². The van der Waals surface area contributed by atoms with Crippen LogP contribution in [0.15, 0.2) is 23.1 Å². The minimum Gasteiger partial charge on any atom is -0.211 e. The zero-order valence-electron chi connectivity index (χ0n) is 8.08. The summed E-state index contributed by atoms with van der Waals surface area (Å²) in [6, 6.07) is 5.58. The summed E-state index contributed by atoms with van der Waals surface area (Å²) < 4.78 is 25.6. The lowest BCUT2D eigenvalue weighted by Crippen LogP contribution is -2.31. The lowest BCUT2D eigenvalue weighted by molar-refractivity contribution is 0.573. The smallest absolute Gasteiger partial charge is 0.211 e. The van der Waals surface area contributed by atoms with Gasteiger partial charge >= 0.3 is 0 Å². The van der Waals surface area contributed by atoms with Crippen LogP contribution in [-0.4, -0.2) is 15.0 Å². The van der Waals surface area contributed by atoms with Crippen molar-refractivity contribution in [3.63, 3.8) is 0 Å². The third-order valence-electron chi connectivity index (χ3n) is 2.51. The predicted molar refractivity (Wildman–Crippen MR) is 54.7 cm³/mol. The van der Waals surface area contributed by atoms with Crippen LogP contribution in [0, 0.1) is 0 Å². The summed E-state index contributed by atoms with van der Waals surface area (Å²) >= 11 is 0. The Labute approximate surface area is 84.2 Å². The van der Waals surface area contributed by atoms with E-state index < -0.39 is 10.0 Å². The van der Waals surface area contributed by atoms with Crippen LogP contribution in [0.25, 0.3) is 0 Å². The van der Waals surface area contributed by atoms with Gasteiger partial charge in [-0.15, -0.1) is 0 Å². The molecule has 1 aromatic carbocycles. The second-order valence-corrected chi connectivity index (χ2v) is 5.18. The van der Waals surface area contributed by atoms with E-state index in [1.54, 1.807) is 6.07 Å². The Balaban J connectivity index is 2.58. The van der Waals surface area contributed by atoms with Crippen LogP contribution in [0.3, 0.4) is 0 Å². The predicted octanol–water partition coefficient (Wildman–Crippen LogP) is 1.08. The Morgan fingerprint density at radius 1 is 1.43 bits per heavy atom. The van der Waals surface area contributed by atoms with Gasteiger partial charge in [0.1, 0.15) is 0 Å². The highest BCUT2D eigenvalue weighted by molar-refractivity contribution is 7.89. The molecule has 3 nitrogen and oxygen atoms in total. The van der Waals surface area contributed by atoms with Crippen molar-refractivity contribution in [2.75, 3.05) is 6.54 Å². The fourth-order valence-electron chi connectivity index (χ4n) is 1.71. The van der Waals surface area contributed by atoms with Gasteiger partial charge in [-0.05, 0) is 30.0 Å². The van der Waals surface area contributed by atoms with Crippen molar-refractivity contribution in [3.8, 4) is 0 Å². The normalized spacial score (nSPS) is 18.9. The standard InChI is InChI=1S/C10H13NO2S/c1-2-8-3-4-10-9(7-8)5-6-11-14(10,12)13/h3-4,7,11H,2,5-6H2,1H3. The Kier molecular flexibility index (Phi) is 2.33. The minimum atomic E-state index is -3.22. The number of fused-ring (bicyclic) bond motifs is 1. The largest absolute Gasteiger partial charge is 0.240 e. The van der Waals surface area contributed by atoms with E-state index in [1.807, 2.05) is 12.1 Å². The summed E-state index contributed by atoms with van der Waals surface area (Å²) in [5, 5.41) is 0. The lowest BCUT2D eigenvalue weighted by atomic mass is 10.1. The number of hydrogen-bond donors (Lipinski definition) is 1. The summed E-state index contributed by atoms with van der Waals surface area (Å²) in [6.45, 7) is 2.58. The van der Waals surface area contributed by atoms with E-state index in [2.05, 4.69) is 11.6 Å². The first-order valence-electron chi connectivity index (χ1n) is 4.75. The number of benzene rings is 1. The van der Waals surface area contributed by atoms with Gasteiger partial charge in [-0.2, -0.15) is 0 Å². The molecule has 0 amide bonds. The van der Waals surface area contributed by atoms with Crippen molar-refractivity contribution in [1.82, 2.24) is 4.72 Å². The van der Waals surface area contributed by atoms with Gasteiger partial charge in [0.15, 0.2) is 0 Å². The maximum absolute atomic E-state index is 11.6. The quantitative estimate of drug-likeness (QED) is 0.755. The zero-order valence-corrected chi connectivity index (χ0v) is 8.89. The van der Waals surface area contributed by atoms with E-state index in [0.29, 0.717) is 11.4 Å². The van der Waals surface area contributed by atoms with E-state index in [9.17, 15) is 8.42 Å². The van der Waals surface area contributed by atoms with Crippen LogP contribution in [-0.2, 0) is 22.9 Å². The van der Waals surface area contributed by atoms with Gasteiger partial charge < -0.3 is 0 Å². The molecule has 0 bridgehead atoms. The topological polar surface area (TPSA) is 46.2 Å².